The molecule has 0 aromatic heterocycles. The summed E-state index contributed by atoms with van der Waals surface area (Å²) in [6.45, 7) is 0.598. The first-order valence-corrected chi connectivity index (χ1v) is 5.95. The van der Waals surface area contributed by atoms with E-state index in [-0.39, 0.29) is 12.0 Å². The van der Waals surface area contributed by atoms with Gasteiger partial charge in [-0.3, -0.25) is 0 Å². The predicted octanol–water partition coefficient (Wildman–Crippen LogP) is 1.84. The van der Waals surface area contributed by atoms with Crippen LogP contribution in [-0.4, -0.2) is 17.8 Å². The van der Waals surface area contributed by atoms with E-state index in [0.717, 1.165) is 16.8 Å². The molecule has 1 unspecified atom stereocenters. The van der Waals surface area contributed by atoms with Gasteiger partial charge in [0.25, 0.3) is 0 Å². The summed E-state index contributed by atoms with van der Waals surface area (Å²) in [6, 6.07) is 9.95. The molecule has 4 N–H and O–H groups in total. The summed E-state index contributed by atoms with van der Waals surface area (Å²) < 4.78 is 0. The van der Waals surface area contributed by atoms with E-state index in [1.807, 2.05) is 48.7 Å². The van der Waals surface area contributed by atoms with Crippen LogP contribution in [0.4, 0.5) is 5.69 Å². The second-order valence-electron chi connectivity index (χ2n) is 4.27. The summed E-state index contributed by atoms with van der Waals surface area (Å²) in [7, 11) is 0. The molecule has 0 saturated carbocycles. The van der Waals surface area contributed by atoms with E-state index >= 15 is 0 Å². The molecular weight excluding hydrogens is 226 g/mol. The second-order valence-corrected chi connectivity index (χ2v) is 4.27. The monoisotopic (exact) mass is 241 g/mol. The fraction of sp³-hybridized carbons (Fsp3) is 0.143. The van der Waals surface area contributed by atoms with Gasteiger partial charge in [0.1, 0.15) is 6.17 Å². The maximum absolute atomic E-state index is 9.92. The molecule has 3 rings (SSSR count). The average Bonchev–Trinajstić information content (AvgIpc) is 2.73. The molecule has 2 aliphatic heterocycles. The minimum Gasteiger partial charge on any atom is -0.495 e. The smallest absolute Gasteiger partial charge is 0.191 e. The number of hydrogen-bond donors (Lipinski definition) is 4. The Morgan fingerprint density at radius 1 is 1.22 bits per heavy atom. The Morgan fingerprint density at radius 3 is 2.89 bits per heavy atom. The van der Waals surface area contributed by atoms with Gasteiger partial charge in [0.2, 0.25) is 0 Å². The molecule has 2 aliphatic rings. The van der Waals surface area contributed by atoms with Gasteiger partial charge in [-0.05, 0) is 24.4 Å². The molecule has 4 nitrogen and oxygen atoms in total. The van der Waals surface area contributed by atoms with Crippen molar-refractivity contribution < 1.29 is 5.11 Å². The van der Waals surface area contributed by atoms with Gasteiger partial charge >= 0.3 is 0 Å². The molecule has 92 valence electrons. The quantitative estimate of drug-likeness (QED) is 0.652. The van der Waals surface area contributed by atoms with Crippen LogP contribution in [0.25, 0.3) is 0 Å². The summed E-state index contributed by atoms with van der Waals surface area (Å²) in [5, 5.41) is 19.4. The van der Waals surface area contributed by atoms with E-state index in [4.69, 9.17) is 0 Å². The van der Waals surface area contributed by atoms with Gasteiger partial charge in [-0.15, -0.1) is 0 Å². The molecule has 0 aliphatic carbocycles. The van der Waals surface area contributed by atoms with Crippen molar-refractivity contribution in [1.82, 2.24) is 10.6 Å². The van der Waals surface area contributed by atoms with Gasteiger partial charge in [-0.2, -0.15) is 0 Å². The number of anilines is 1. The lowest BCUT2D eigenvalue weighted by Crippen LogP contribution is -2.37. The van der Waals surface area contributed by atoms with Crippen molar-refractivity contribution in [1.29, 1.82) is 0 Å². The molecular formula is C14H15N3O. The van der Waals surface area contributed by atoms with Crippen molar-refractivity contribution in [2.75, 3.05) is 11.9 Å². The largest absolute Gasteiger partial charge is 0.495 e. The molecule has 0 amide bonds. The SMILES string of the molecule is OC1=C(CNc2ccccc2)C2=CC=CNC2N1. The van der Waals surface area contributed by atoms with Crippen molar-refractivity contribution >= 4 is 5.69 Å². The third kappa shape index (κ3) is 1.93. The lowest BCUT2D eigenvalue weighted by atomic mass is 10.0. The first-order chi connectivity index (χ1) is 8.84. The van der Waals surface area contributed by atoms with Gasteiger partial charge in [-0.1, -0.05) is 24.3 Å². The van der Waals surface area contributed by atoms with E-state index in [9.17, 15) is 5.11 Å². The number of nitrogens with one attached hydrogen (secondary N) is 3. The summed E-state index contributed by atoms with van der Waals surface area (Å²) in [5.41, 5.74) is 3.03. The van der Waals surface area contributed by atoms with E-state index in [0.29, 0.717) is 6.54 Å². The summed E-state index contributed by atoms with van der Waals surface area (Å²) >= 11 is 0. The Kier molecular flexibility index (Phi) is 2.68. The number of allylic oxidation sites excluding steroid dienone is 2. The zero-order chi connectivity index (χ0) is 12.4. The van der Waals surface area contributed by atoms with Gasteiger partial charge in [0, 0.05) is 23.4 Å². The van der Waals surface area contributed by atoms with E-state index < -0.39 is 0 Å². The number of para-hydroxylation sites is 1. The molecule has 0 saturated heterocycles. The van der Waals surface area contributed by atoms with Crippen LogP contribution in [0, 0.1) is 0 Å². The first-order valence-electron chi connectivity index (χ1n) is 5.95. The molecule has 0 spiro atoms. The number of hydrogen-bond acceptors (Lipinski definition) is 4. The van der Waals surface area contributed by atoms with Crippen LogP contribution in [0.1, 0.15) is 0 Å². The number of rotatable bonds is 3. The van der Waals surface area contributed by atoms with Crippen molar-refractivity contribution in [3.8, 4) is 0 Å². The third-order valence-corrected chi connectivity index (χ3v) is 3.10. The van der Waals surface area contributed by atoms with Crippen LogP contribution in [0.2, 0.25) is 0 Å². The van der Waals surface area contributed by atoms with Crippen molar-refractivity contribution in [3.05, 3.63) is 65.7 Å². The Morgan fingerprint density at radius 2 is 2.06 bits per heavy atom. The zero-order valence-corrected chi connectivity index (χ0v) is 9.85. The molecule has 2 heterocycles. The van der Waals surface area contributed by atoms with Gasteiger partial charge < -0.3 is 21.1 Å². The van der Waals surface area contributed by atoms with Crippen molar-refractivity contribution in [3.63, 3.8) is 0 Å². The van der Waals surface area contributed by atoms with Crippen molar-refractivity contribution in [2.45, 2.75) is 6.17 Å². The van der Waals surface area contributed by atoms with Crippen LogP contribution >= 0.6 is 0 Å². The summed E-state index contributed by atoms with van der Waals surface area (Å²) in [4.78, 5) is 0. The first kappa shape index (κ1) is 10.8. The molecule has 0 fully saturated rings. The third-order valence-electron chi connectivity index (χ3n) is 3.10. The highest BCUT2D eigenvalue weighted by Crippen LogP contribution is 2.25. The second kappa shape index (κ2) is 4.49. The molecule has 0 radical (unpaired) electrons. The highest BCUT2D eigenvalue weighted by Gasteiger charge is 2.28. The van der Waals surface area contributed by atoms with Crippen molar-refractivity contribution in [2.24, 2.45) is 0 Å². The number of fused-ring (bicyclic) bond motifs is 1. The maximum atomic E-state index is 9.92. The fourth-order valence-electron chi connectivity index (χ4n) is 2.18. The number of dihydropyridines is 1. The topological polar surface area (TPSA) is 56.3 Å². The Labute approximate surface area is 106 Å². The highest BCUT2D eigenvalue weighted by molar-refractivity contribution is 5.51. The van der Waals surface area contributed by atoms with E-state index in [1.165, 1.54) is 0 Å². The Hall–Kier alpha value is -2.36. The molecule has 18 heavy (non-hydrogen) atoms. The average molecular weight is 241 g/mol. The van der Waals surface area contributed by atoms with Gasteiger partial charge in [0.15, 0.2) is 5.88 Å². The van der Waals surface area contributed by atoms with Crippen LogP contribution in [0.3, 0.4) is 0 Å². The Bertz CT molecular complexity index is 531. The summed E-state index contributed by atoms with van der Waals surface area (Å²) in [6.07, 6.45) is 5.80. The molecule has 1 aromatic rings. The standard InChI is InChI=1S/C14H15N3O/c18-14-12(9-16-10-5-2-1-3-6-10)11-7-4-8-15-13(11)17-14/h1-8,13,15-18H,9H2. The van der Waals surface area contributed by atoms with E-state index in [1.54, 1.807) is 0 Å². The fourth-order valence-corrected chi connectivity index (χ4v) is 2.18. The molecule has 0 bridgehead atoms. The predicted molar refractivity (Wildman–Crippen MR) is 71.9 cm³/mol. The molecule has 1 aromatic carbocycles. The van der Waals surface area contributed by atoms with Crippen LogP contribution in [-0.2, 0) is 0 Å². The molecule has 1 atom stereocenters. The van der Waals surface area contributed by atoms with Gasteiger partial charge in [-0.25, -0.2) is 0 Å². The maximum Gasteiger partial charge on any atom is 0.191 e. The number of aliphatic hydroxyl groups excluding tert-OH is 1. The normalized spacial score (nSPS) is 20.9. The lowest BCUT2D eigenvalue weighted by molar-refractivity contribution is 0.355. The minimum absolute atomic E-state index is 0.0115. The minimum atomic E-state index is -0.0115. The number of benzene rings is 1. The van der Waals surface area contributed by atoms with Crippen LogP contribution < -0.4 is 16.0 Å². The van der Waals surface area contributed by atoms with Gasteiger partial charge in [0.05, 0.1) is 0 Å². The Balaban J connectivity index is 1.74. The van der Waals surface area contributed by atoms with E-state index in [2.05, 4.69) is 16.0 Å². The number of aliphatic hydroxyl groups is 1. The lowest BCUT2D eigenvalue weighted by Gasteiger charge is -2.17. The van der Waals surface area contributed by atoms with Crippen LogP contribution in [0.5, 0.6) is 0 Å². The zero-order valence-electron chi connectivity index (χ0n) is 9.85. The molecule has 4 heteroatoms. The summed E-state index contributed by atoms with van der Waals surface area (Å²) in [5.74, 6) is 0.242. The highest BCUT2D eigenvalue weighted by atomic mass is 16.3. The van der Waals surface area contributed by atoms with Crippen LogP contribution in [0.15, 0.2) is 65.7 Å².